The molecule has 1 aromatic heterocycles. The Bertz CT molecular complexity index is 511. The fourth-order valence-corrected chi connectivity index (χ4v) is 1.59. The summed E-state index contributed by atoms with van der Waals surface area (Å²) in [6, 6.07) is 6.48. The van der Waals surface area contributed by atoms with Gasteiger partial charge in [-0.25, -0.2) is 13.5 Å². The zero-order chi connectivity index (χ0) is 11.7. The summed E-state index contributed by atoms with van der Waals surface area (Å²) in [4.78, 5) is 0. The summed E-state index contributed by atoms with van der Waals surface area (Å²) in [7, 11) is 0. The molecule has 16 heavy (non-hydrogen) atoms. The second kappa shape index (κ2) is 4.09. The van der Waals surface area contributed by atoms with E-state index >= 15 is 0 Å². The predicted octanol–water partition coefficient (Wildman–Crippen LogP) is 3.05. The van der Waals surface area contributed by atoms with Crippen LogP contribution in [0.4, 0.5) is 14.5 Å². The molecule has 0 atom stereocenters. The molecule has 0 bridgehead atoms. The molecule has 0 radical (unpaired) electrons. The molecule has 3 nitrogen and oxygen atoms in total. The molecule has 2 N–H and O–H groups in total. The number of halogens is 3. The van der Waals surface area contributed by atoms with Gasteiger partial charge in [-0.3, -0.25) is 0 Å². The number of nitrogens with zero attached hydrogens (tertiary/aromatic N) is 2. The van der Waals surface area contributed by atoms with E-state index in [1.165, 1.54) is 6.20 Å². The van der Waals surface area contributed by atoms with E-state index in [9.17, 15) is 8.78 Å². The summed E-state index contributed by atoms with van der Waals surface area (Å²) in [5.74, 6) is 0. The highest BCUT2D eigenvalue weighted by molar-refractivity contribution is 6.30. The van der Waals surface area contributed by atoms with Crippen molar-refractivity contribution in [3.8, 4) is 5.69 Å². The Morgan fingerprint density at radius 1 is 1.38 bits per heavy atom. The monoisotopic (exact) mass is 243 g/mol. The minimum atomic E-state index is -2.68. The maximum Gasteiger partial charge on any atom is 0.282 e. The zero-order valence-corrected chi connectivity index (χ0v) is 8.83. The van der Waals surface area contributed by atoms with E-state index in [4.69, 9.17) is 17.3 Å². The van der Waals surface area contributed by atoms with Crippen LogP contribution in [0.2, 0.25) is 5.02 Å². The van der Waals surface area contributed by atoms with Crippen LogP contribution >= 0.6 is 11.6 Å². The van der Waals surface area contributed by atoms with Gasteiger partial charge in [0.2, 0.25) is 0 Å². The summed E-state index contributed by atoms with van der Waals surface area (Å²) >= 11 is 5.77. The van der Waals surface area contributed by atoms with Crippen LogP contribution in [-0.2, 0) is 0 Å². The van der Waals surface area contributed by atoms with Crippen molar-refractivity contribution >= 4 is 17.3 Å². The first-order chi connectivity index (χ1) is 7.59. The van der Waals surface area contributed by atoms with Gasteiger partial charge in [0.15, 0.2) is 0 Å². The lowest BCUT2D eigenvalue weighted by Gasteiger charge is -2.07. The number of nitrogen functional groups attached to an aromatic ring is 1. The van der Waals surface area contributed by atoms with Crippen molar-refractivity contribution in [2.45, 2.75) is 6.43 Å². The molecule has 0 unspecified atom stereocenters. The van der Waals surface area contributed by atoms with Crippen LogP contribution in [0.5, 0.6) is 0 Å². The van der Waals surface area contributed by atoms with Crippen LogP contribution in [0.3, 0.4) is 0 Å². The fraction of sp³-hybridized carbons (Fsp3) is 0.100. The summed E-state index contributed by atoms with van der Waals surface area (Å²) in [5, 5.41) is 4.25. The summed E-state index contributed by atoms with van der Waals surface area (Å²) in [5.41, 5.74) is 5.53. The van der Waals surface area contributed by atoms with Gasteiger partial charge in [0, 0.05) is 5.02 Å². The number of rotatable bonds is 2. The molecule has 0 saturated heterocycles. The van der Waals surface area contributed by atoms with Crippen LogP contribution in [0.1, 0.15) is 12.1 Å². The Morgan fingerprint density at radius 2 is 2.12 bits per heavy atom. The quantitative estimate of drug-likeness (QED) is 0.881. The van der Waals surface area contributed by atoms with Crippen LogP contribution in [0, 0.1) is 0 Å². The first-order valence-corrected chi connectivity index (χ1v) is 4.85. The van der Waals surface area contributed by atoms with Gasteiger partial charge >= 0.3 is 0 Å². The second-order valence-electron chi connectivity index (χ2n) is 3.18. The van der Waals surface area contributed by atoms with Gasteiger partial charge in [-0.15, -0.1) is 0 Å². The normalized spacial score (nSPS) is 11.0. The Balaban J connectivity index is 2.56. The number of hydrogen-bond donors (Lipinski definition) is 1. The fourth-order valence-electron chi connectivity index (χ4n) is 1.40. The van der Waals surface area contributed by atoms with Gasteiger partial charge in [0.05, 0.1) is 17.6 Å². The number of hydrogen-bond acceptors (Lipinski definition) is 2. The smallest absolute Gasteiger partial charge is 0.282 e. The van der Waals surface area contributed by atoms with Gasteiger partial charge < -0.3 is 5.73 Å². The van der Waals surface area contributed by atoms with Gasteiger partial charge in [0.1, 0.15) is 5.69 Å². The van der Waals surface area contributed by atoms with Crippen molar-refractivity contribution in [1.29, 1.82) is 0 Å². The molecule has 0 aliphatic carbocycles. The van der Waals surface area contributed by atoms with Gasteiger partial charge in [-0.1, -0.05) is 17.7 Å². The number of alkyl halides is 2. The average Bonchev–Trinajstić information content (AvgIpc) is 2.60. The van der Waals surface area contributed by atoms with Crippen LogP contribution in [0.15, 0.2) is 30.5 Å². The van der Waals surface area contributed by atoms with Crippen molar-refractivity contribution in [2.24, 2.45) is 0 Å². The lowest BCUT2D eigenvalue weighted by molar-refractivity contribution is 0.143. The standard InChI is InChI=1S/C10H8ClF2N3/c11-6-2-1-3-7(4-6)16-9(10(12)13)8(14)5-15-16/h1-5,10H,14H2. The van der Waals surface area contributed by atoms with E-state index < -0.39 is 6.43 Å². The highest BCUT2D eigenvalue weighted by atomic mass is 35.5. The molecule has 0 aliphatic heterocycles. The van der Waals surface area contributed by atoms with Crippen molar-refractivity contribution in [3.05, 3.63) is 41.2 Å². The van der Waals surface area contributed by atoms with E-state index in [-0.39, 0.29) is 11.4 Å². The molecule has 1 heterocycles. The van der Waals surface area contributed by atoms with Crippen molar-refractivity contribution in [1.82, 2.24) is 9.78 Å². The number of nitrogens with two attached hydrogens (primary N) is 1. The molecule has 0 spiro atoms. The summed E-state index contributed by atoms with van der Waals surface area (Å²) in [6.07, 6.45) is -1.48. The van der Waals surface area contributed by atoms with Gasteiger partial charge in [-0.05, 0) is 18.2 Å². The van der Waals surface area contributed by atoms with E-state index in [1.54, 1.807) is 24.3 Å². The summed E-state index contributed by atoms with van der Waals surface area (Å²) in [6.45, 7) is 0. The zero-order valence-electron chi connectivity index (χ0n) is 8.07. The molecule has 1 aromatic carbocycles. The Morgan fingerprint density at radius 3 is 2.75 bits per heavy atom. The van der Waals surface area contributed by atoms with E-state index in [0.29, 0.717) is 10.7 Å². The first-order valence-electron chi connectivity index (χ1n) is 4.47. The maximum atomic E-state index is 12.7. The minimum Gasteiger partial charge on any atom is -0.396 e. The Labute approximate surface area is 95.4 Å². The Hall–Kier alpha value is -1.62. The predicted molar refractivity (Wildman–Crippen MR) is 57.9 cm³/mol. The lowest BCUT2D eigenvalue weighted by Crippen LogP contribution is -2.04. The second-order valence-corrected chi connectivity index (χ2v) is 3.61. The number of anilines is 1. The molecule has 84 valence electrons. The maximum absolute atomic E-state index is 12.7. The number of benzene rings is 1. The topological polar surface area (TPSA) is 43.8 Å². The van der Waals surface area contributed by atoms with E-state index in [2.05, 4.69) is 5.10 Å². The lowest BCUT2D eigenvalue weighted by atomic mass is 10.3. The third-order valence-electron chi connectivity index (χ3n) is 2.10. The third-order valence-corrected chi connectivity index (χ3v) is 2.33. The molecular weight excluding hydrogens is 236 g/mol. The summed E-state index contributed by atoms with van der Waals surface area (Å²) < 4.78 is 26.6. The van der Waals surface area contributed by atoms with Crippen molar-refractivity contribution in [3.63, 3.8) is 0 Å². The minimum absolute atomic E-state index is 0.0324. The largest absolute Gasteiger partial charge is 0.396 e. The molecule has 0 aliphatic rings. The van der Waals surface area contributed by atoms with E-state index in [0.717, 1.165) is 4.68 Å². The molecule has 2 rings (SSSR count). The first kappa shape index (κ1) is 10.9. The number of aromatic nitrogens is 2. The molecule has 0 saturated carbocycles. The van der Waals surface area contributed by atoms with Crippen LogP contribution < -0.4 is 5.73 Å². The van der Waals surface area contributed by atoms with Crippen LogP contribution in [0.25, 0.3) is 5.69 Å². The highest BCUT2D eigenvalue weighted by Gasteiger charge is 2.19. The Kier molecular flexibility index (Phi) is 2.78. The third kappa shape index (κ3) is 1.86. The molecule has 0 fully saturated rings. The SMILES string of the molecule is Nc1cnn(-c2cccc(Cl)c2)c1C(F)F. The average molecular weight is 244 g/mol. The highest BCUT2D eigenvalue weighted by Crippen LogP contribution is 2.27. The van der Waals surface area contributed by atoms with E-state index in [1.807, 2.05) is 0 Å². The van der Waals surface area contributed by atoms with Gasteiger partial charge in [0.25, 0.3) is 6.43 Å². The molecule has 2 aromatic rings. The van der Waals surface area contributed by atoms with Crippen LogP contribution in [-0.4, -0.2) is 9.78 Å². The van der Waals surface area contributed by atoms with Crippen molar-refractivity contribution in [2.75, 3.05) is 5.73 Å². The van der Waals surface area contributed by atoms with Crippen molar-refractivity contribution < 1.29 is 8.78 Å². The van der Waals surface area contributed by atoms with Gasteiger partial charge in [-0.2, -0.15) is 5.10 Å². The molecule has 0 amide bonds. The molecule has 6 heteroatoms. The molecular formula is C10H8ClF2N3.